The van der Waals surface area contributed by atoms with Crippen LogP contribution >= 0.6 is 0 Å². The van der Waals surface area contributed by atoms with Crippen LogP contribution in [0.2, 0.25) is 0 Å². The van der Waals surface area contributed by atoms with E-state index in [9.17, 15) is 8.42 Å². The highest BCUT2D eigenvalue weighted by Crippen LogP contribution is 2.18. The Labute approximate surface area is 126 Å². The van der Waals surface area contributed by atoms with Crippen LogP contribution in [-0.4, -0.2) is 48.7 Å². The number of rotatable bonds is 10. The summed E-state index contributed by atoms with van der Waals surface area (Å²) in [6, 6.07) is 0.653. The quantitative estimate of drug-likeness (QED) is 0.521. The minimum Gasteiger partial charge on any atom is -0.312 e. The zero-order valence-electron chi connectivity index (χ0n) is 12.5. The molecule has 0 atom stereocenters. The molecule has 6 nitrogen and oxygen atoms in total. The van der Waals surface area contributed by atoms with Crippen molar-refractivity contribution < 1.29 is 8.42 Å². The Morgan fingerprint density at radius 3 is 3.00 bits per heavy atom. The van der Waals surface area contributed by atoms with E-state index in [4.69, 9.17) is 0 Å². The largest absolute Gasteiger partial charge is 0.312 e. The number of allylic oxidation sites excluding steroid dienone is 1. The summed E-state index contributed by atoms with van der Waals surface area (Å²) in [5, 5.41) is 7.51. The normalized spacial score (nSPS) is 15.5. The van der Waals surface area contributed by atoms with Crippen molar-refractivity contribution in [2.75, 3.05) is 20.1 Å². The molecule has 2 rings (SSSR count). The summed E-state index contributed by atoms with van der Waals surface area (Å²) < 4.78 is 27.8. The topological polar surface area (TPSA) is 67.2 Å². The van der Waals surface area contributed by atoms with Gasteiger partial charge in [-0.05, 0) is 25.7 Å². The summed E-state index contributed by atoms with van der Waals surface area (Å²) in [4.78, 5) is 0.259. The minimum atomic E-state index is -3.43. The van der Waals surface area contributed by atoms with E-state index in [1.807, 2.05) is 0 Å². The van der Waals surface area contributed by atoms with Crippen molar-refractivity contribution in [2.45, 2.75) is 43.2 Å². The summed E-state index contributed by atoms with van der Waals surface area (Å²) in [5.74, 6) is 0. The fourth-order valence-corrected chi connectivity index (χ4v) is 3.19. The molecule has 1 aromatic rings. The van der Waals surface area contributed by atoms with Gasteiger partial charge in [-0.25, -0.2) is 12.7 Å². The van der Waals surface area contributed by atoms with E-state index in [1.165, 1.54) is 23.3 Å². The number of aromatic nitrogens is 2. The van der Waals surface area contributed by atoms with Crippen LogP contribution in [0.4, 0.5) is 0 Å². The highest BCUT2D eigenvalue weighted by molar-refractivity contribution is 7.89. The number of nitrogens with one attached hydrogen (secondary N) is 1. The molecule has 1 heterocycles. The van der Waals surface area contributed by atoms with Crippen LogP contribution in [0.5, 0.6) is 0 Å². The number of hydrogen-bond acceptors (Lipinski definition) is 4. The van der Waals surface area contributed by atoms with Gasteiger partial charge in [0, 0.05) is 32.4 Å². The van der Waals surface area contributed by atoms with Gasteiger partial charge in [-0.2, -0.15) is 5.10 Å². The Morgan fingerprint density at radius 1 is 1.57 bits per heavy atom. The fraction of sp³-hybridized carbons (Fsp3) is 0.643. The van der Waals surface area contributed by atoms with Crippen LogP contribution < -0.4 is 5.32 Å². The summed E-state index contributed by atoms with van der Waals surface area (Å²) in [6.07, 6.45) is 8.91. The molecular weight excluding hydrogens is 288 g/mol. The van der Waals surface area contributed by atoms with Crippen LogP contribution in [0.3, 0.4) is 0 Å². The monoisotopic (exact) mass is 312 g/mol. The second-order valence-electron chi connectivity index (χ2n) is 5.42. The molecule has 0 bridgehead atoms. The first-order valence-electron chi connectivity index (χ1n) is 7.37. The molecule has 1 N–H and O–H groups in total. The van der Waals surface area contributed by atoms with E-state index in [0.717, 1.165) is 19.4 Å². The average Bonchev–Trinajstić information content (AvgIpc) is 3.14. The molecule has 1 aromatic heterocycles. The van der Waals surface area contributed by atoms with Gasteiger partial charge in [-0.15, -0.1) is 6.58 Å². The first-order valence-corrected chi connectivity index (χ1v) is 8.81. The van der Waals surface area contributed by atoms with Crippen molar-refractivity contribution in [3.63, 3.8) is 0 Å². The molecular formula is C14H24N4O2S. The highest BCUT2D eigenvalue weighted by atomic mass is 32.2. The second kappa shape index (κ2) is 7.20. The maximum absolute atomic E-state index is 12.4. The van der Waals surface area contributed by atoms with Crippen molar-refractivity contribution in [2.24, 2.45) is 0 Å². The van der Waals surface area contributed by atoms with Gasteiger partial charge in [0.2, 0.25) is 10.0 Å². The molecule has 1 aliphatic carbocycles. The highest BCUT2D eigenvalue weighted by Gasteiger charge is 2.22. The zero-order valence-corrected chi connectivity index (χ0v) is 13.3. The predicted molar refractivity (Wildman–Crippen MR) is 82.5 cm³/mol. The molecule has 0 aromatic carbocycles. The third kappa shape index (κ3) is 4.66. The van der Waals surface area contributed by atoms with E-state index in [-0.39, 0.29) is 4.90 Å². The van der Waals surface area contributed by atoms with Crippen LogP contribution in [0.25, 0.3) is 0 Å². The molecule has 1 aliphatic rings. The zero-order chi connectivity index (χ0) is 15.3. The van der Waals surface area contributed by atoms with Crippen molar-refractivity contribution in [1.82, 2.24) is 19.4 Å². The first-order chi connectivity index (χ1) is 10.0. The van der Waals surface area contributed by atoms with Gasteiger partial charge in [0.1, 0.15) is 4.90 Å². The standard InChI is InChI=1S/C14H24N4O2S/c1-3-4-5-9-17(2)21(19,20)14-11-16-18(12-14)10-8-15-13-6-7-13/h3,11-13,15H,1,4-10H2,2H3. The Hall–Kier alpha value is -1.18. The molecule has 0 aliphatic heterocycles. The van der Waals surface area contributed by atoms with Crippen LogP contribution in [0, 0.1) is 0 Å². The van der Waals surface area contributed by atoms with Crippen molar-refractivity contribution in [1.29, 1.82) is 0 Å². The molecule has 7 heteroatoms. The smallest absolute Gasteiger partial charge is 0.245 e. The molecule has 0 radical (unpaired) electrons. The van der Waals surface area contributed by atoms with Gasteiger partial charge >= 0.3 is 0 Å². The second-order valence-corrected chi connectivity index (χ2v) is 7.47. The molecule has 1 fully saturated rings. The number of nitrogens with zero attached hydrogens (tertiary/aromatic N) is 3. The van der Waals surface area contributed by atoms with E-state index >= 15 is 0 Å². The SMILES string of the molecule is C=CCCCN(C)S(=O)(=O)c1cnn(CCNC2CC2)c1. The molecule has 0 unspecified atom stereocenters. The summed E-state index contributed by atoms with van der Waals surface area (Å²) in [5.41, 5.74) is 0. The maximum atomic E-state index is 12.4. The minimum absolute atomic E-state index is 0.259. The summed E-state index contributed by atoms with van der Waals surface area (Å²) in [7, 11) is -1.83. The average molecular weight is 312 g/mol. The molecule has 0 amide bonds. The van der Waals surface area contributed by atoms with Gasteiger partial charge in [0.25, 0.3) is 0 Å². The van der Waals surface area contributed by atoms with Crippen molar-refractivity contribution in [3.8, 4) is 0 Å². The van der Waals surface area contributed by atoms with E-state index < -0.39 is 10.0 Å². The summed E-state index contributed by atoms with van der Waals surface area (Å²) in [6.45, 7) is 5.64. The van der Waals surface area contributed by atoms with E-state index in [0.29, 0.717) is 19.1 Å². The Bertz CT molecular complexity index is 563. The predicted octanol–water partition coefficient (Wildman–Crippen LogP) is 1.22. The first kappa shape index (κ1) is 16.2. The van der Waals surface area contributed by atoms with E-state index in [1.54, 1.807) is 24.0 Å². The maximum Gasteiger partial charge on any atom is 0.245 e. The molecule has 0 spiro atoms. The third-order valence-electron chi connectivity index (χ3n) is 3.55. The Balaban J connectivity index is 1.89. The molecule has 118 valence electrons. The van der Waals surface area contributed by atoms with Gasteiger partial charge in [-0.3, -0.25) is 4.68 Å². The van der Waals surface area contributed by atoms with E-state index in [2.05, 4.69) is 17.0 Å². The van der Waals surface area contributed by atoms with Gasteiger partial charge in [0.05, 0.1) is 12.7 Å². The van der Waals surface area contributed by atoms with Crippen LogP contribution in [0.1, 0.15) is 25.7 Å². The van der Waals surface area contributed by atoms with Gasteiger partial charge in [-0.1, -0.05) is 6.08 Å². The lowest BCUT2D eigenvalue weighted by Crippen LogP contribution is -2.27. The number of unbranched alkanes of at least 4 members (excludes halogenated alkanes) is 1. The summed E-state index contributed by atoms with van der Waals surface area (Å²) >= 11 is 0. The van der Waals surface area contributed by atoms with Crippen LogP contribution in [-0.2, 0) is 16.6 Å². The third-order valence-corrected chi connectivity index (χ3v) is 5.36. The fourth-order valence-electron chi connectivity index (χ4n) is 2.03. The molecule has 21 heavy (non-hydrogen) atoms. The Kier molecular flexibility index (Phi) is 5.55. The number of hydrogen-bond donors (Lipinski definition) is 1. The van der Waals surface area contributed by atoms with Gasteiger partial charge in [0.15, 0.2) is 0 Å². The molecule has 1 saturated carbocycles. The lowest BCUT2D eigenvalue weighted by Gasteiger charge is -2.15. The van der Waals surface area contributed by atoms with Crippen LogP contribution in [0.15, 0.2) is 29.9 Å². The van der Waals surface area contributed by atoms with Gasteiger partial charge < -0.3 is 5.32 Å². The lowest BCUT2D eigenvalue weighted by atomic mass is 10.3. The van der Waals surface area contributed by atoms with Crippen molar-refractivity contribution in [3.05, 3.63) is 25.0 Å². The lowest BCUT2D eigenvalue weighted by molar-refractivity contribution is 0.462. The Morgan fingerprint density at radius 2 is 2.33 bits per heavy atom. The number of sulfonamides is 1. The molecule has 0 saturated heterocycles. The van der Waals surface area contributed by atoms with Crippen molar-refractivity contribution >= 4 is 10.0 Å².